The number of fused-ring (bicyclic) bond motifs is 1. The summed E-state index contributed by atoms with van der Waals surface area (Å²) in [6.07, 6.45) is 2.83. The van der Waals surface area contributed by atoms with Crippen LogP contribution in [-0.4, -0.2) is 11.6 Å². The maximum Gasteiger partial charge on any atom is 0.171 e. The van der Waals surface area contributed by atoms with Gasteiger partial charge in [-0.1, -0.05) is 18.5 Å². The van der Waals surface area contributed by atoms with E-state index < -0.39 is 0 Å². The van der Waals surface area contributed by atoms with Gasteiger partial charge in [0.05, 0.1) is 6.61 Å². The second-order valence-corrected chi connectivity index (χ2v) is 3.29. The minimum Gasteiger partial charge on any atom is -0.489 e. The SMILES string of the molecule is CCC1COc2c1ccnc2Cl. The molecule has 0 radical (unpaired) electrons. The fraction of sp³-hybridized carbons (Fsp3) is 0.444. The lowest BCUT2D eigenvalue weighted by molar-refractivity contribution is 0.327. The van der Waals surface area contributed by atoms with Crippen molar-refractivity contribution in [2.24, 2.45) is 0 Å². The highest BCUT2D eigenvalue weighted by atomic mass is 35.5. The summed E-state index contributed by atoms with van der Waals surface area (Å²) in [6.45, 7) is 2.90. The summed E-state index contributed by atoms with van der Waals surface area (Å²) in [6, 6.07) is 1.99. The fourth-order valence-electron chi connectivity index (χ4n) is 1.51. The molecule has 2 heterocycles. The lowest BCUT2D eigenvalue weighted by Gasteiger charge is -2.02. The second kappa shape index (κ2) is 2.94. The van der Waals surface area contributed by atoms with Gasteiger partial charge in [-0.2, -0.15) is 0 Å². The molecule has 1 aliphatic rings. The Morgan fingerprint density at radius 1 is 1.75 bits per heavy atom. The Morgan fingerprint density at radius 2 is 2.58 bits per heavy atom. The monoisotopic (exact) mass is 183 g/mol. The zero-order chi connectivity index (χ0) is 8.55. The molecule has 0 amide bonds. The third kappa shape index (κ3) is 1.07. The zero-order valence-electron chi connectivity index (χ0n) is 6.88. The maximum absolute atomic E-state index is 5.86. The minimum absolute atomic E-state index is 0.489. The van der Waals surface area contributed by atoms with Gasteiger partial charge in [-0.3, -0.25) is 0 Å². The third-order valence-corrected chi connectivity index (χ3v) is 2.52. The molecule has 1 aromatic rings. The predicted molar refractivity (Wildman–Crippen MR) is 47.8 cm³/mol. The Balaban J connectivity index is 2.46. The standard InChI is InChI=1S/C9H10ClNO/c1-2-6-5-12-8-7(6)3-4-11-9(8)10/h3-4,6H,2,5H2,1H3. The van der Waals surface area contributed by atoms with Crippen molar-refractivity contribution in [2.75, 3.05) is 6.61 Å². The van der Waals surface area contributed by atoms with E-state index in [9.17, 15) is 0 Å². The normalized spacial score (nSPS) is 20.3. The third-order valence-electron chi connectivity index (χ3n) is 2.25. The quantitative estimate of drug-likeness (QED) is 0.625. The molecule has 1 unspecified atom stereocenters. The Bertz CT molecular complexity index is 301. The number of rotatable bonds is 1. The molecule has 2 nitrogen and oxygen atoms in total. The van der Waals surface area contributed by atoms with Crippen molar-refractivity contribution in [3.8, 4) is 5.75 Å². The first kappa shape index (κ1) is 7.87. The van der Waals surface area contributed by atoms with Gasteiger partial charge in [-0.25, -0.2) is 4.98 Å². The molecule has 1 aliphatic heterocycles. The van der Waals surface area contributed by atoms with Crippen molar-refractivity contribution >= 4 is 11.6 Å². The Morgan fingerprint density at radius 3 is 3.33 bits per heavy atom. The molecule has 0 fully saturated rings. The predicted octanol–water partition coefficient (Wildman–Crippen LogP) is 2.62. The van der Waals surface area contributed by atoms with E-state index in [2.05, 4.69) is 11.9 Å². The minimum atomic E-state index is 0.489. The van der Waals surface area contributed by atoms with Crippen LogP contribution in [0.4, 0.5) is 0 Å². The van der Waals surface area contributed by atoms with Crippen LogP contribution in [0.3, 0.4) is 0 Å². The molecule has 1 aromatic heterocycles. The molecule has 0 saturated carbocycles. The van der Waals surface area contributed by atoms with Crippen LogP contribution in [0, 0.1) is 0 Å². The first-order valence-corrected chi connectivity index (χ1v) is 4.48. The summed E-state index contributed by atoms with van der Waals surface area (Å²) in [5.74, 6) is 1.28. The van der Waals surface area contributed by atoms with E-state index in [1.54, 1.807) is 6.20 Å². The van der Waals surface area contributed by atoms with Crippen LogP contribution in [0.15, 0.2) is 12.3 Å². The summed E-state index contributed by atoms with van der Waals surface area (Å²) >= 11 is 5.86. The van der Waals surface area contributed by atoms with Gasteiger partial charge in [0.25, 0.3) is 0 Å². The van der Waals surface area contributed by atoms with Crippen LogP contribution in [0.1, 0.15) is 24.8 Å². The molecule has 2 rings (SSSR count). The van der Waals surface area contributed by atoms with Crippen LogP contribution in [0.5, 0.6) is 5.75 Å². The number of aromatic nitrogens is 1. The van der Waals surface area contributed by atoms with Crippen molar-refractivity contribution in [3.05, 3.63) is 23.0 Å². The van der Waals surface area contributed by atoms with E-state index in [4.69, 9.17) is 16.3 Å². The molecule has 0 bridgehead atoms. The van der Waals surface area contributed by atoms with Gasteiger partial charge in [0.15, 0.2) is 10.9 Å². The lowest BCUT2D eigenvalue weighted by Crippen LogP contribution is -1.97. The molecule has 64 valence electrons. The van der Waals surface area contributed by atoms with Gasteiger partial charge in [-0.15, -0.1) is 0 Å². The van der Waals surface area contributed by atoms with Crippen LogP contribution in [0.2, 0.25) is 5.15 Å². The molecule has 0 spiro atoms. The number of hydrogen-bond donors (Lipinski definition) is 0. The van der Waals surface area contributed by atoms with E-state index in [-0.39, 0.29) is 0 Å². The largest absolute Gasteiger partial charge is 0.489 e. The Kier molecular flexibility index (Phi) is 1.93. The van der Waals surface area contributed by atoms with Crippen LogP contribution in [-0.2, 0) is 0 Å². The van der Waals surface area contributed by atoms with Gasteiger partial charge in [0.2, 0.25) is 0 Å². The van der Waals surface area contributed by atoms with E-state index >= 15 is 0 Å². The smallest absolute Gasteiger partial charge is 0.171 e. The van der Waals surface area contributed by atoms with E-state index in [1.165, 1.54) is 5.56 Å². The maximum atomic E-state index is 5.86. The molecule has 3 heteroatoms. The summed E-state index contributed by atoms with van der Waals surface area (Å²) in [5.41, 5.74) is 1.21. The molecule has 0 saturated heterocycles. The van der Waals surface area contributed by atoms with Crippen LogP contribution < -0.4 is 4.74 Å². The topological polar surface area (TPSA) is 22.1 Å². The molecule has 0 aromatic carbocycles. The highest BCUT2D eigenvalue weighted by Gasteiger charge is 2.24. The van der Waals surface area contributed by atoms with Gasteiger partial charge in [0, 0.05) is 17.7 Å². The molecule has 0 N–H and O–H groups in total. The number of halogens is 1. The van der Waals surface area contributed by atoms with Crippen molar-refractivity contribution in [2.45, 2.75) is 19.3 Å². The Labute approximate surface area is 76.5 Å². The van der Waals surface area contributed by atoms with Crippen LogP contribution >= 0.6 is 11.6 Å². The number of ether oxygens (including phenoxy) is 1. The lowest BCUT2D eigenvalue weighted by atomic mass is 10.0. The van der Waals surface area contributed by atoms with Crippen LogP contribution in [0.25, 0.3) is 0 Å². The number of pyridine rings is 1. The summed E-state index contributed by atoms with van der Waals surface area (Å²) < 4.78 is 5.44. The molecular weight excluding hydrogens is 174 g/mol. The van der Waals surface area contributed by atoms with Crippen molar-refractivity contribution in [1.29, 1.82) is 0 Å². The van der Waals surface area contributed by atoms with E-state index in [0.717, 1.165) is 18.8 Å². The average molecular weight is 184 g/mol. The van der Waals surface area contributed by atoms with Gasteiger partial charge < -0.3 is 4.74 Å². The Hall–Kier alpha value is -0.760. The highest BCUT2D eigenvalue weighted by molar-refractivity contribution is 6.31. The molecule has 1 atom stereocenters. The average Bonchev–Trinajstić information content (AvgIpc) is 2.49. The molecule has 0 aliphatic carbocycles. The van der Waals surface area contributed by atoms with Crippen molar-refractivity contribution in [1.82, 2.24) is 4.98 Å². The van der Waals surface area contributed by atoms with Gasteiger partial charge >= 0.3 is 0 Å². The first-order valence-electron chi connectivity index (χ1n) is 4.10. The van der Waals surface area contributed by atoms with Gasteiger partial charge in [0.1, 0.15) is 0 Å². The number of nitrogens with zero attached hydrogens (tertiary/aromatic N) is 1. The van der Waals surface area contributed by atoms with Crippen molar-refractivity contribution in [3.63, 3.8) is 0 Å². The van der Waals surface area contributed by atoms with Crippen molar-refractivity contribution < 1.29 is 4.74 Å². The molecule has 12 heavy (non-hydrogen) atoms. The molecular formula is C9H10ClNO. The van der Waals surface area contributed by atoms with E-state index in [0.29, 0.717) is 11.1 Å². The first-order chi connectivity index (χ1) is 5.83. The summed E-state index contributed by atoms with van der Waals surface area (Å²) in [7, 11) is 0. The second-order valence-electron chi connectivity index (χ2n) is 2.94. The highest BCUT2D eigenvalue weighted by Crippen LogP contribution is 2.39. The zero-order valence-corrected chi connectivity index (χ0v) is 7.64. The summed E-state index contributed by atoms with van der Waals surface area (Å²) in [5, 5.41) is 0.489. The van der Waals surface area contributed by atoms with Gasteiger partial charge in [-0.05, 0) is 12.5 Å². The number of hydrogen-bond acceptors (Lipinski definition) is 2. The van der Waals surface area contributed by atoms with E-state index in [1.807, 2.05) is 6.07 Å². The summed E-state index contributed by atoms with van der Waals surface area (Å²) in [4.78, 5) is 3.96. The fourth-order valence-corrected chi connectivity index (χ4v) is 1.73.